The number of pyridine rings is 3. The molecule has 0 unspecified atom stereocenters. The molecule has 1 aliphatic carbocycles. The normalized spacial score (nSPS) is 14.1. The second-order valence-corrected chi connectivity index (χ2v) is 10.3. The van der Waals surface area contributed by atoms with Gasteiger partial charge in [-0.15, -0.1) is 0 Å². The van der Waals surface area contributed by atoms with E-state index in [9.17, 15) is 9.18 Å². The maximum Gasteiger partial charge on any atom is 0.227 e. The van der Waals surface area contributed by atoms with Gasteiger partial charge in [-0.3, -0.25) is 19.9 Å². The molecule has 1 amide bonds. The molecule has 1 saturated carbocycles. The Morgan fingerprint density at radius 1 is 0.925 bits per heavy atom. The standard InChI is InChI=1S/C31H26FN7O/c32-21-8-4-7-19(13-21)28-23-15-27(36-25(23)11-12-34-28)30-29-26(38-39-30)10-9-24(37-29)20-14-22(17-33-16-20)35-31(40)18-5-2-1-3-6-18/h4,7-18,36H,1-3,5-6H2,(H,35,40)(H,38,39). The quantitative estimate of drug-likeness (QED) is 0.224. The molecule has 3 N–H and O–H groups in total. The number of benzene rings is 1. The summed E-state index contributed by atoms with van der Waals surface area (Å²) in [7, 11) is 0. The van der Waals surface area contributed by atoms with Gasteiger partial charge in [0.25, 0.3) is 0 Å². The molecule has 198 valence electrons. The molecule has 7 rings (SSSR count). The summed E-state index contributed by atoms with van der Waals surface area (Å²) in [5.74, 6) is -0.187. The molecule has 0 atom stereocenters. The van der Waals surface area contributed by atoms with E-state index in [4.69, 9.17) is 4.98 Å². The van der Waals surface area contributed by atoms with Crippen molar-refractivity contribution in [3.05, 3.63) is 79.0 Å². The Morgan fingerprint density at radius 3 is 2.70 bits per heavy atom. The maximum absolute atomic E-state index is 13.9. The van der Waals surface area contributed by atoms with E-state index >= 15 is 0 Å². The molecule has 1 aliphatic rings. The predicted octanol–water partition coefficient (Wildman–Crippen LogP) is 6.89. The van der Waals surface area contributed by atoms with Crippen LogP contribution in [-0.2, 0) is 4.79 Å². The number of H-pyrrole nitrogens is 2. The highest BCUT2D eigenvalue weighted by Crippen LogP contribution is 2.33. The number of aromatic nitrogens is 6. The van der Waals surface area contributed by atoms with Gasteiger partial charge >= 0.3 is 0 Å². The molecule has 0 bridgehead atoms. The zero-order valence-corrected chi connectivity index (χ0v) is 21.6. The fraction of sp³-hybridized carbons (Fsp3) is 0.194. The van der Waals surface area contributed by atoms with Crippen molar-refractivity contribution in [2.24, 2.45) is 5.92 Å². The lowest BCUT2D eigenvalue weighted by atomic mass is 9.88. The van der Waals surface area contributed by atoms with Gasteiger partial charge in [0.05, 0.1) is 34.5 Å². The number of fused-ring (bicyclic) bond motifs is 2. The summed E-state index contributed by atoms with van der Waals surface area (Å²) in [4.78, 5) is 30.0. The van der Waals surface area contributed by atoms with Gasteiger partial charge in [0.2, 0.25) is 5.91 Å². The highest BCUT2D eigenvalue weighted by molar-refractivity contribution is 5.99. The summed E-state index contributed by atoms with van der Waals surface area (Å²) in [6.45, 7) is 0. The number of anilines is 1. The number of carbonyl (C=O) groups is 1. The number of nitrogens with zero attached hydrogens (tertiary/aromatic N) is 4. The van der Waals surface area contributed by atoms with Gasteiger partial charge in [-0.1, -0.05) is 31.4 Å². The van der Waals surface area contributed by atoms with Crippen molar-refractivity contribution in [1.82, 2.24) is 30.1 Å². The molecule has 0 spiro atoms. The lowest BCUT2D eigenvalue weighted by Gasteiger charge is -2.20. The summed E-state index contributed by atoms with van der Waals surface area (Å²) in [5.41, 5.74) is 7.34. The second-order valence-electron chi connectivity index (χ2n) is 10.3. The molecular formula is C31H26FN7O. The van der Waals surface area contributed by atoms with Crippen LogP contribution in [0, 0.1) is 11.7 Å². The Kier molecular flexibility index (Phi) is 6.03. The van der Waals surface area contributed by atoms with Gasteiger partial charge in [0, 0.05) is 40.3 Å². The number of rotatable bonds is 5. The van der Waals surface area contributed by atoms with Crippen LogP contribution in [0.2, 0.25) is 0 Å². The number of amides is 1. The molecule has 5 heterocycles. The highest BCUT2D eigenvalue weighted by atomic mass is 19.1. The minimum Gasteiger partial charge on any atom is -0.353 e. The smallest absolute Gasteiger partial charge is 0.227 e. The van der Waals surface area contributed by atoms with Crippen molar-refractivity contribution in [3.63, 3.8) is 0 Å². The van der Waals surface area contributed by atoms with Crippen molar-refractivity contribution in [2.75, 3.05) is 5.32 Å². The number of hydrogen-bond acceptors (Lipinski definition) is 5. The molecular weight excluding hydrogens is 505 g/mol. The number of halogens is 1. The Labute approximate surface area is 229 Å². The van der Waals surface area contributed by atoms with Crippen molar-refractivity contribution in [3.8, 4) is 33.9 Å². The molecule has 1 aromatic carbocycles. The Bertz CT molecular complexity index is 1870. The molecule has 8 nitrogen and oxygen atoms in total. The van der Waals surface area contributed by atoms with E-state index in [-0.39, 0.29) is 17.6 Å². The highest BCUT2D eigenvalue weighted by Gasteiger charge is 2.21. The summed E-state index contributed by atoms with van der Waals surface area (Å²) in [5, 5.41) is 11.5. The first-order valence-electron chi connectivity index (χ1n) is 13.5. The number of nitrogens with one attached hydrogen (secondary N) is 3. The fourth-order valence-electron chi connectivity index (χ4n) is 5.55. The topological polar surface area (TPSA) is 112 Å². The summed E-state index contributed by atoms with van der Waals surface area (Å²) < 4.78 is 13.9. The first-order chi connectivity index (χ1) is 19.6. The first-order valence-corrected chi connectivity index (χ1v) is 13.5. The van der Waals surface area contributed by atoms with Gasteiger partial charge < -0.3 is 10.3 Å². The molecule has 0 aliphatic heterocycles. The summed E-state index contributed by atoms with van der Waals surface area (Å²) in [6.07, 6.45) is 10.4. The van der Waals surface area contributed by atoms with Crippen LogP contribution in [0.25, 0.3) is 55.8 Å². The van der Waals surface area contributed by atoms with Crippen LogP contribution in [0.1, 0.15) is 32.1 Å². The van der Waals surface area contributed by atoms with Gasteiger partial charge in [-0.25, -0.2) is 9.37 Å². The fourth-order valence-corrected chi connectivity index (χ4v) is 5.55. The Balaban J connectivity index is 1.23. The average Bonchev–Trinajstić information content (AvgIpc) is 3.61. The van der Waals surface area contributed by atoms with Crippen LogP contribution < -0.4 is 5.32 Å². The number of carbonyl (C=O) groups excluding carboxylic acids is 1. The SMILES string of the molecule is O=C(Nc1cncc(-c2ccc3[nH]nc(-c4cc5c(-c6cccc(F)c6)nccc5[nH]4)c3n2)c1)C1CCCCC1. The van der Waals surface area contributed by atoms with Crippen molar-refractivity contribution in [2.45, 2.75) is 32.1 Å². The minimum atomic E-state index is -0.311. The maximum atomic E-state index is 13.9. The molecule has 9 heteroatoms. The number of aromatic amines is 2. The zero-order chi connectivity index (χ0) is 27.1. The average molecular weight is 532 g/mol. The van der Waals surface area contributed by atoms with Crippen LogP contribution in [0.4, 0.5) is 10.1 Å². The van der Waals surface area contributed by atoms with Crippen molar-refractivity contribution in [1.29, 1.82) is 0 Å². The van der Waals surface area contributed by atoms with Crippen molar-refractivity contribution >= 4 is 33.5 Å². The van der Waals surface area contributed by atoms with Crippen molar-refractivity contribution < 1.29 is 9.18 Å². The Hall–Kier alpha value is -4.92. The van der Waals surface area contributed by atoms with E-state index in [1.54, 1.807) is 24.7 Å². The van der Waals surface area contributed by atoms with Gasteiger partial charge in [0.1, 0.15) is 17.0 Å². The molecule has 40 heavy (non-hydrogen) atoms. The van der Waals surface area contributed by atoms with E-state index in [0.29, 0.717) is 28.2 Å². The summed E-state index contributed by atoms with van der Waals surface area (Å²) >= 11 is 0. The number of hydrogen-bond donors (Lipinski definition) is 3. The lowest BCUT2D eigenvalue weighted by molar-refractivity contribution is -0.120. The van der Waals surface area contributed by atoms with E-state index in [1.807, 2.05) is 36.4 Å². The van der Waals surface area contributed by atoms with Gasteiger partial charge in [0.15, 0.2) is 0 Å². The van der Waals surface area contributed by atoms with Crippen LogP contribution in [0.15, 0.2) is 73.2 Å². The Morgan fingerprint density at radius 2 is 1.82 bits per heavy atom. The molecule has 1 fully saturated rings. The summed E-state index contributed by atoms with van der Waals surface area (Å²) in [6, 6.07) is 16.0. The molecule has 0 radical (unpaired) electrons. The largest absolute Gasteiger partial charge is 0.353 e. The third kappa shape index (κ3) is 4.49. The second kappa shape index (κ2) is 10.00. The van der Waals surface area contributed by atoms with Crippen LogP contribution in [0.5, 0.6) is 0 Å². The monoisotopic (exact) mass is 531 g/mol. The van der Waals surface area contributed by atoms with Crippen LogP contribution >= 0.6 is 0 Å². The molecule has 0 saturated heterocycles. The third-order valence-electron chi connectivity index (χ3n) is 7.59. The van der Waals surface area contributed by atoms with E-state index in [2.05, 4.69) is 30.5 Å². The van der Waals surface area contributed by atoms with Crippen LogP contribution in [0.3, 0.4) is 0 Å². The molecule has 5 aromatic heterocycles. The zero-order valence-electron chi connectivity index (χ0n) is 21.6. The van der Waals surface area contributed by atoms with Gasteiger partial charge in [-0.2, -0.15) is 5.10 Å². The predicted molar refractivity (Wildman–Crippen MR) is 153 cm³/mol. The lowest BCUT2D eigenvalue weighted by Crippen LogP contribution is -2.24. The third-order valence-corrected chi connectivity index (χ3v) is 7.59. The van der Waals surface area contributed by atoms with Gasteiger partial charge in [-0.05, 0) is 55.3 Å². The minimum absolute atomic E-state index is 0.0603. The first kappa shape index (κ1) is 24.1. The van der Waals surface area contributed by atoms with E-state index in [1.165, 1.54) is 18.6 Å². The van der Waals surface area contributed by atoms with E-state index < -0.39 is 0 Å². The van der Waals surface area contributed by atoms with E-state index in [0.717, 1.165) is 59.1 Å². The molecule has 6 aromatic rings. The van der Waals surface area contributed by atoms with Crippen LogP contribution in [-0.4, -0.2) is 36.0 Å².